The van der Waals surface area contributed by atoms with E-state index in [1.807, 2.05) is 0 Å². The van der Waals surface area contributed by atoms with Gasteiger partial charge in [0, 0.05) is 7.05 Å². The van der Waals surface area contributed by atoms with Crippen molar-refractivity contribution < 1.29 is 19.1 Å². The van der Waals surface area contributed by atoms with Crippen LogP contribution in [0, 0.1) is 12.7 Å². The van der Waals surface area contributed by atoms with Gasteiger partial charge in [0.15, 0.2) is 5.13 Å². The fourth-order valence-electron chi connectivity index (χ4n) is 2.61. The molecule has 0 saturated heterocycles. The fourth-order valence-corrected chi connectivity index (χ4v) is 3.42. The van der Waals surface area contributed by atoms with Gasteiger partial charge < -0.3 is 16.2 Å². The predicted octanol–water partition coefficient (Wildman–Crippen LogP) is 1.42. The van der Waals surface area contributed by atoms with E-state index in [1.54, 1.807) is 13.0 Å². The van der Waals surface area contributed by atoms with E-state index in [9.17, 15) is 14.0 Å². The minimum absolute atomic E-state index is 0.0238. The summed E-state index contributed by atoms with van der Waals surface area (Å²) in [7, 11) is 1.44. The molecular weight excluding hydrogens is 389 g/mol. The summed E-state index contributed by atoms with van der Waals surface area (Å²) in [6.07, 6.45) is 0. The number of aliphatic hydroxyl groups excluding tert-OH is 1. The Kier molecular flexibility index (Phi) is 5.58. The molecule has 5 N–H and O–H groups in total. The summed E-state index contributed by atoms with van der Waals surface area (Å²) in [5.74, 6) is -1.25. The number of aryl methyl sites for hydroxylation is 1. The number of carbonyl (C=O) groups is 1. The number of aliphatic hydroxyl groups is 1. The van der Waals surface area contributed by atoms with Crippen LogP contribution in [0.5, 0.6) is 0 Å². The van der Waals surface area contributed by atoms with Gasteiger partial charge in [-0.2, -0.15) is 0 Å². The highest BCUT2D eigenvalue weighted by Gasteiger charge is 2.25. The first-order valence-electron chi connectivity index (χ1n) is 8.18. The molecule has 0 saturated carbocycles. The Balaban J connectivity index is 2.19. The van der Waals surface area contributed by atoms with E-state index in [1.165, 1.54) is 23.7 Å². The van der Waals surface area contributed by atoms with Crippen LogP contribution in [0.1, 0.15) is 15.9 Å². The Labute approximate surface area is 162 Å². The monoisotopic (exact) mass is 407 g/mol. The van der Waals surface area contributed by atoms with E-state index in [4.69, 9.17) is 15.7 Å². The number of hydrogen-bond acceptors (Lipinski definition) is 8. The number of fused-ring (bicyclic) bond motifs is 1. The molecule has 0 radical (unpaired) electrons. The molecule has 0 spiro atoms. The van der Waals surface area contributed by atoms with Crippen LogP contribution in [0.3, 0.4) is 0 Å². The van der Waals surface area contributed by atoms with Gasteiger partial charge in [0.25, 0.3) is 11.5 Å². The van der Waals surface area contributed by atoms with Crippen LogP contribution < -0.4 is 22.1 Å². The average Bonchev–Trinajstić information content (AvgIpc) is 3.03. The van der Waals surface area contributed by atoms with Gasteiger partial charge in [-0.15, -0.1) is 0 Å². The molecule has 1 amide bonds. The van der Waals surface area contributed by atoms with Crippen LogP contribution >= 0.6 is 11.3 Å². The maximum absolute atomic E-state index is 14.3. The highest BCUT2D eigenvalue weighted by Crippen LogP contribution is 2.30. The standard InChI is InChI=1S/C17H18FN5O4S/c1-8-3-4-10(9(18)7-8)20-14-11(15(25)22-27-6-5-24)12-13(16(26)23(14)2)28-17(19)21-12/h3-4,7,20,24H,5-6H2,1-2H3,(H2,19,21)(H,22,25). The summed E-state index contributed by atoms with van der Waals surface area (Å²) in [4.78, 5) is 34.3. The molecule has 0 aliphatic carbocycles. The average molecular weight is 407 g/mol. The van der Waals surface area contributed by atoms with E-state index in [0.717, 1.165) is 16.9 Å². The van der Waals surface area contributed by atoms with E-state index < -0.39 is 17.3 Å². The number of hydrogen-bond donors (Lipinski definition) is 4. The molecule has 0 unspecified atom stereocenters. The Bertz CT molecular complexity index is 1110. The van der Waals surface area contributed by atoms with Crippen LogP contribution in [0.4, 0.5) is 21.0 Å². The lowest BCUT2D eigenvalue weighted by Gasteiger charge is -2.17. The number of amides is 1. The number of carbonyl (C=O) groups excluding carboxylic acids is 1. The number of thiazole rings is 1. The van der Waals surface area contributed by atoms with Gasteiger partial charge >= 0.3 is 0 Å². The van der Waals surface area contributed by atoms with Gasteiger partial charge in [0.05, 0.1) is 18.9 Å². The molecule has 3 aromatic rings. The zero-order chi connectivity index (χ0) is 20.4. The van der Waals surface area contributed by atoms with Gasteiger partial charge in [-0.25, -0.2) is 14.9 Å². The number of halogens is 1. The van der Waals surface area contributed by atoms with Gasteiger partial charge in [-0.3, -0.25) is 19.0 Å². The summed E-state index contributed by atoms with van der Waals surface area (Å²) in [5, 5.41) is 11.7. The molecule has 2 heterocycles. The van der Waals surface area contributed by atoms with E-state index in [-0.39, 0.29) is 45.6 Å². The molecule has 148 valence electrons. The van der Waals surface area contributed by atoms with Gasteiger partial charge in [-0.05, 0) is 24.6 Å². The van der Waals surface area contributed by atoms with Crippen molar-refractivity contribution in [2.45, 2.75) is 6.92 Å². The Hall–Kier alpha value is -3.02. The second-order valence-electron chi connectivity index (χ2n) is 5.93. The zero-order valence-corrected chi connectivity index (χ0v) is 15.9. The van der Waals surface area contributed by atoms with E-state index in [0.29, 0.717) is 0 Å². The number of nitrogens with one attached hydrogen (secondary N) is 2. The fraction of sp³-hybridized carbons (Fsp3) is 0.235. The molecule has 11 heteroatoms. The molecule has 0 fully saturated rings. The summed E-state index contributed by atoms with van der Waals surface area (Å²) in [6, 6.07) is 4.51. The summed E-state index contributed by atoms with van der Waals surface area (Å²) in [5.41, 5.74) is 8.29. The van der Waals surface area contributed by atoms with Crippen LogP contribution in [-0.4, -0.2) is 33.8 Å². The number of anilines is 3. The van der Waals surface area contributed by atoms with E-state index >= 15 is 0 Å². The number of nitrogens with zero attached hydrogens (tertiary/aromatic N) is 2. The second kappa shape index (κ2) is 7.92. The topological polar surface area (TPSA) is 132 Å². The lowest BCUT2D eigenvalue weighted by Crippen LogP contribution is -2.30. The minimum Gasteiger partial charge on any atom is -0.394 e. The van der Waals surface area contributed by atoms with Crippen molar-refractivity contribution in [2.24, 2.45) is 7.05 Å². The number of rotatable bonds is 6. The highest BCUT2D eigenvalue weighted by atomic mass is 32.1. The van der Waals surface area contributed by atoms with Crippen molar-refractivity contribution in [1.29, 1.82) is 0 Å². The van der Waals surface area contributed by atoms with Crippen LogP contribution in [0.15, 0.2) is 23.0 Å². The smallest absolute Gasteiger partial charge is 0.280 e. The highest BCUT2D eigenvalue weighted by molar-refractivity contribution is 7.22. The molecule has 9 nitrogen and oxygen atoms in total. The number of aromatic nitrogens is 2. The Morgan fingerprint density at radius 3 is 2.89 bits per heavy atom. The SMILES string of the molecule is Cc1ccc(Nc2c(C(=O)NOCCO)c3nc(N)sc3c(=O)n2C)c(F)c1. The molecular formula is C17H18FN5O4S. The van der Waals surface area contributed by atoms with Crippen molar-refractivity contribution in [3.8, 4) is 0 Å². The third kappa shape index (κ3) is 3.67. The number of benzene rings is 1. The number of nitrogens with two attached hydrogens (primary N) is 1. The van der Waals surface area contributed by atoms with Crippen molar-refractivity contribution in [3.05, 3.63) is 45.5 Å². The Morgan fingerprint density at radius 2 is 2.21 bits per heavy atom. The first-order chi connectivity index (χ1) is 13.3. The molecule has 1 aromatic carbocycles. The number of hydroxylamine groups is 1. The normalized spacial score (nSPS) is 11.0. The van der Waals surface area contributed by atoms with Gasteiger partial charge in [0.2, 0.25) is 0 Å². The zero-order valence-electron chi connectivity index (χ0n) is 15.1. The number of pyridine rings is 1. The summed E-state index contributed by atoms with van der Waals surface area (Å²) in [6.45, 7) is 1.31. The molecule has 2 aromatic heterocycles. The summed E-state index contributed by atoms with van der Waals surface area (Å²) >= 11 is 0.944. The van der Waals surface area contributed by atoms with E-state index in [2.05, 4.69) is 15.8 Å². The summed E-state index contributed by atoms with van der Waals surface area (Å²) < 4.78 is 15.7. The third-order valence-corrected chi connectivity index (χ3v) is 4.79. The maximum atomic E-state index is 14.3. The Morgan fingerprint density at radius 1 is 1.46 bits per heavy atom. The van der Waals surface area contributed by atoms with Crippen molar-refractivity contribution in [3.63, 3.8) is 0 Å². The van der Waals surface area contributed by atoms with Crippen LogP contribution in [-0.2, 0) is 11.9 Å². The second-order valence-corrected chi connectivity index (χ2v) is 6.96. The van der Waals surface area contributed by atoms with Gasteiger partial charge in [0.1, 0.15) is 27.4 Å². The predicted molar refractivity (Wildman–Crippen MR) is 104 cm³/mol. The first-order valence-corrected chi connectivity index (χ1v) is 9.00. The largest absolute Gasteiger partial charge is 0.394 e. The van der Waals surface area contributed by atoms with Crippen LogP contribution in [0.2, 0.25) is 0 Å². The molecule has 0 bridgehead atoms. The minimum atomic E-state index is -0.727. The van der Waals surface area contributed by atoms with Crippen molar-refractivity contribution in [1.82, 2.24) is 15.0 Å². The lowest BCUT2D eigenvalue weighted by molar-refractivity contribution is 0.0169. The molecule has 0 aliphatic heterocycles. The number of nitrogen functional groups attached to an aromatic ring is 1. The maximum Gasteiger partial charge on any atom is 0.280 e. The quantitative estimate of drug-likeness (QED) is 0.359. The third-order valence-electron chi connectivity index (χ3n) is 3.91. The van der Waals surface area contributed by atoms with Crippen LogP contribution in [0.25, 0.3) is 10.2 Å². The first kappa shape index (κ1) is 19.7. The lowest BCUT2D eigenvalue weighted by atomic mass is 10.1. The van der Waals surface area contributed by atoms with Crippen molar-refractivity contribution >= 4 is 44.1 Å². The molecule has 0 aliphatic rings. The van der Waals surface area contributed by atoms with Gasteiger partial charge in [-0.1, -0.05) is 17.4 Å². The molecule has 28 heavy (non-hydrogen) atoms. The van der Waals surface area contributed by atoms with Crippen molar-refractivity contribution in [2.75, 3.05) is 24.3 Å². The molecule has 0 atom stereocenters. The molecule has 3 rings (SSSR count).